The lowest BCUT2D eigenvalue weighted by Gasteiger charge is -2.32. The van der Waals surface area contributed by atoms with Gasteiger partial charge >= 0.3 is 5.97 Å². The van der Waals surface area contributed by atoms with Gasteiger partial charge in [-0.05, 0) is 45.7 Å². The molecule has 0 aromatic heterocycles. The summed E-state index contributed by atoms with van der Waals surface area (Å²) in [4.78, 5) is 26.0. The molecular weight excluding hydrogens is 268 g/mol. The predicted molar refractivity (Wildman–Crippen MR) is 81.0 cm³/mol. The molecule has 1 unspecified atom stereocenters. The summed E-state index contributed by atoms with van der Waals surface area (Å²) in [7, 11) is 0. The lowest BCUT2D eigenvalue weighted by atomic mass is 9.82. The quantitative estimate of drug-likeness (QED) is 0.786. The predicted octanol–water partition coefficient (Wildman–Crippen LogP) is 2.01. The minimum Gasteiger partial charge on any atom is -0.481 e. The molecule has 21 heavy (non-hydrogen) atoms. The van der Waals surface area contributed by atoms with Gasteiger partial charge in [0.1, 0.15) is 0 Å². The second-order valence-electron chi connectivity index (χ2n) is 6.72. The summed E-state index contributed by atoms with van der Waals surface area (Å²) in [6, 6.07) is 0.332. The number of rotatable bonds is 6. The number of carbonyl (C=O) groups excluding carboxylic acids is 1. The molecule has 0 spiro atoms. The summed E-state index contributed by atoms with van der Waals surface area (Å²) >= 11 is 0. The number of piperidine rings is 1. The first kappa shape index (κ1) is 16.3. The molecule has 2 fully saturated rings. The zero-order valence-corrected chi connectivity index (χ0v) is 13.1. The highest BCUT2D eigenvalue weighted by atomic mass is 16.4. The van der Waals surface area contributed by atoms with Crippen LogP contribution in [0.4, 0.5) is 0 Å². The molecule has 1 saturated heterocycles. The van der Waals surface area contributed by atoms with Crippen LogP contribution < -0.4 is 5.32 Å². The summed E-state index contributed by atoms with van der Waals surface area (Å²) in [5.41, 5.74) is -0.807. The number of nitrogens with one attached hydrogen (secondary N) is 1. The van der Waals surface area contributed by atoms with E-state index < -0.39 is 11.4 Å². The van der Waals surface area contributed by atoms with Gasteiger partial charge in [-0.2, -0.15) is 0 Å². The Labute approximate surface area is 127 Å². The fourth-order valence-corrected chi connectivity index (χ4v) is 3.64. The number of carboxylic acids is 1. The lowest BCUT2D eigenvalue weighted by molar-refractivity contribution is -0.151. The summed E-state index contributed by atoms with van der Waals surface area (Å²) in [5.74, 6) is -0.914. The molecule has 2 N–H and O–H groups in total. The van der Waals surface area contributed by atoms with Gasteiger partial charge in [0.05, 0.1) is 5.41 Å². The highest BCUT2D eigenvalue weighted by Gasteiger charge is 2.42. The Balaban J connectivity index is 1.77. The molecule has 1 heterocycles. The van der Waals surface area contributed by atoms with E-state index in [-0.39, 0.29) is 12.3 Å². The van der Waals surface area contributed by atoms with Gasteiger partial charge in [0.15, 0.2) is 0 Å². The third-order valence-corrected chi connectivity index (χ3v) is 5.12. The molecule has 2 rings (SSSR count). The Morgan fingerprint density at radius 2 is 1.76 bits per heavy atom. The number of aliphatic carboxylic acids is 1. The second-order valence-corrected chi connectivity index (χ2v) is 6.72. The maximum Gasteiger partial charge on any atom is 0.310 e. The Morgan fingerprint density at radius 3 is 2.33 bits per heavy atom. The number of amides is 1. The summed E-state index contributed by atoms with van der Waals surface area (Å²) in [5, 5.41) is 12.3. The zero-order chi connectivity index (χ0) is 15.3. The van der Waals surface area contributed by atoms with Crippen molar-refractivity contribution in [2.45, 2.75) is 64.3 Å². The van der Waals surface area contributed by atoms with Crippen molar-refractivity contribution in [1.82, 2.24) is 10.2 Å². The lowest BCUT2D eigenvalue weighted by Crippen LogP contribution is -2.45. The van der Waals surface area contributed by atoms with Crippen LogP contribution in [0.3, 0.4) is 0 Å². The van der Waals surface area contributed by atoms with Gasteiger partial charge in [0, 0.05) is 19.0 Å². The van der Waals surface area contributed by atoms with Crippen molar-refractivity contribution >= 4 is 11.9 Å². The highest BCUT2D eigenvalue weighted by molar-refractivity contribution is 5.85. The summed E-state index contributed by atoms with van der Waals surface area (Å²) in [6.45, 7) is 4.97. The largest absolute Gasteiger partial charge is 0.481 e. The smallest absolute Gasteiger partial charge is 0.310 e. The third-order valence-electron chi connectivity index (χ3n) is 5.12. The van der Waals surface area contributed by atoms with Crippen molar-refractivity contribution in [3.8, 4) is 0 Å². The Bertz CT molecular complexity index is 372. The van der Waals surface area contributed by atoms with Gasteiger partial charge in [0.25, 0.3) is 0 Å². The van der Waals surface area contributed by atoms with Gasteiger partial charge < -0.3 is 10.4 Å². The average molecular weight is 296 g/mol. The van der Waals surface area contributed by atoms with Crippen molar-refractivity contribution in [2.75, 3.05) is 19.6 Å². The van der Waals surface area contributed by atoms with E-state index in [9.17, 15) is 14.7 Å². The van der Waals surface area contributed by atoms with Crippen LogP contribution in [-0.2, 0) is 9.59 Å². The molecule has 0 radical (unpaired) electrons. The van der Waals surface area contributed by atoms with E-state index in [1.165, 1.54) is 19.3 Å². The fourth-order valence-electron chi connectivity index (χ4n) is 3.64. The fraction of sp³-hybridized carbons (Fsp3) is 0.875. The van der Waals surface area contributed by atoms with Crippen LogP contribution in [0, 0.1) is 5.41 Å². The van der Waals surface area contributed by atoms with E-state index in [4.69, 9.17) is 0 Å². The van der Waals surface area contributed by atoms with Crippen molar-refractivity contribution < 1.29 is 14.7 Å². The van der Waals surface area contributed by atoms with Crippen molar-refractivity contribution in [3.05, 3.63) is 0 Å². The van der Waals surface area contributed by atoms with Crippen molar-refractivity contribution in [2.24, 2.45) is 5.41 Å². The topological polar surface area (TPSA) is 69.6 Å². The Hall–Kier alpha value is -1.10. The second kappa shape index (κ2) is 7.25. The van der Waals surface area contributed by atoms with Crippen LogP contribution in [0.25, 0.3) is 0 Å². The maximum atomic E-state index is 12.1. The standard InChI is InChI=1S/C16H28N2O3/c1-13(18-9-5-2-6-10-18)12-17-14(19)11-16(15(20)21)7-3-4-8-16/h13H,2-12H2,1H3,(H,17,19)(H,20,21). The minimum absolute atomic E-state index is 0.108. The van der Waals surface area contributed by atoms with Crippen LogP contribution in [-0.4, -0.2) is 47.6 Å². The van der Waals surface area contributed by atoms with Crippen molar-refractivity contribution in [1.29, 1.82) is 0 Å². The van der Waals surface area contributed by atoms with E-state index in [1.54, 1.807) is 0 Å². The Morgan fingerprint density at radius 1 is 1.14 bits per heavy atom. The first-order chi connectivity index (χ1) is 10.0. The molecule has 120 valence electrons. The number of hydrogen-bond donors (Lipinski definition) is 2. The first-order valence-electron chi connectivity index (χ1n) is 8.28. The molecule has 2 aliphatic rings. The molecule has 0 aromatic carbocycles. The number of hydrogen-bond acceptors (Lipinski definition) is 3. The number of nitrogens with zero attached hydrogens (tertiary/aromatic N) is 1. The van der Waals surface area contributed by atoms with Crippen LogP contribution in [0.5, 0.6) is 0 Å². The Kier molecular flexibility index (Phi) is 5.62. The van der Waals surface area contributed by atoms with Crippen LogP contribution in [0.2, 0.25) is 0 Å². The minimum atomic E-state index is -0.807. The van der Waals surface area contributed by atoms with Gasteiger partial charge in [-0.1, -0.05) is 19.3 Å². The van der Waals surface area contributed by atoms with Gasteiger partial charge in [-0.25, -0.2) is 0 Å². The highest BCUT2D eigenvalue weighted by Crippen LogP contribution is 2.41. The molecule has 0 bridgehead atoms. The maximum absolute atomic E-state index is 12.1. The SMILES string of the molecule is CC(CNC(=O)CC1(C(=O)O)CCCC1)N1CCCCC1. The van der Waals surface area contributed by atoms with E-state index in [2.05, 4.69) is 17.1 Å². The molecule has 1 atom stereocenters. The molecule has 5 heteroatoms. The van der Waals surface area contributed by atoms with Gasteiger partial charge in [-0.3, -0.25) is 14.5 Å². The van der Waals surface area contributed by atoms with Crippen molar-refractivity contribution in [3.63, 3.8) is 0 Å². The molecule has 1 aliphatic heterocycles. The molecule has 1 amide bonds. The number of carbonyl (C=O) groups is 2. The monoisotopic (exact) mass is 296 g/mol. The molecule has 0 aromatic rings. The van der Waals surface area contributed by atoms with E-state index in [1.807, 2.05) is 0 Å². The number of likely N-dealkylation sites (tertiary alicyclic amines) is 1. The van der Waals surface area contributed by atoms with Crippen LogP contribution >= 0.6 is 0 Å². The van der Waals surface area contributed by atoms with Gasteiger partial charge in [-0.15, -0.1) is 0 Å². The molecule has 5 nitrogen and oxygen atoms in total. The van der Waals surface area contributed by atoms with E-state index >= 15 is 0 Å². The zero-order valence-electron chi connectivity index (χ0n) is 13.1. The van der Waals surface area contributed by atoms with E-state index in [0.29, 0.717) is 25.4 Å². The normalized spacial score (nSPS) is 23.7. The van der Waals surface area contributed by atoms with Crippen LogP contribution in [0.15, 0.2) is 0 Å². The molecule has 1 aliphatic carbocycles. The average Bonchev–Trinajstić information content (AvgIpc) is 2.95. The first-order valence-corrected chi connectivity index (χ1v) is 8.28. The van der Waals surface area contributed by atoms with Gasteiger partial charge in [0.2, 0.25) is 5.91 Å². The molecule has 1 saturated carbocycles. The summed E-state index contributed by atoms with van der Waals surface area (Å²) < 4.78 is 0. The van der Waals surface area contributed by atoms with E-state index in [0.717, 1.165) is 25.9 Å². The third kappa shape index (κ3) is 4.19. The number of carboxylic acid groups (broad SMARTS) is 1. The van der Waals surface area contributed by atoms with Crippen LogP contribution in [0.1, 0.15) is 58.3 Å². The summed E-state index contributed by atoms with van der Waals surface area (Å²) in [6.07, 6.45) is 7.02. The molecular formula is C16H28N2O3.